The van der Waals surface area contributed by atoms with E-state index < -0.39 is 71.3 Å². The van der Waals surface area contributed by atoms with Crippen LogP contribution < -0.4 is 16.0 Å². The van der Waals surface area contributed by atoms with E-state index in [1.807, 2.05) is 0 Å². The molecule has 0 spiro atoms. The summed E-state index contributed by atoms with van der Waals surface area (Å²) in [5.74, 6) is -2.94. The van der Waals surface area contributed by atoms with Crippen molar-refractivity contribution in [3.05, 3.63) is 93.0 Å². The number of amides is 2. The molecule has 60 heavy (non-hydrogen) atoms. The minimum atomic E-state index is -3.51. The standard InChI is InChI=1S/C42H39ClF6N8O3/c1-41(2,60)13-12-24-6-7-25(26-9-11-29(43)34-37(26)56(3)55-40(34)53-31(58)18-50-23-4-5-23)35(51-24)30(16-20-14-21(44)17-22(45)15-20)52-32(59)19-57-38-33(36(54-57)39(46)47)27-8-10-28(27)42(38,48)49/h6-7,9,11,14-15,17,23,27-28,30,39,50,60H,4-5,8,10,16,18-19H2,1-3H3,(H,52,59)(H,53,55,58)/t27-,28+,30-/m0/s1. The molecule has 0 unspecified atom stereocenters. The van der Waals surface area contributed by atoms with Gasteiger partial charge in [0, 0.05) is 41.8 Å². The fraction of sp³-hybridized carbons (Fsp3) is 0.405. The molecule has 11 nitrogen and oxygen atoms in total. The van der Waals surface area contributed by atoms with Crippen LogP contribution in [0.15, 0.2) is 42.5 Å². The lowest BCUT2D eigenvalue weighted by Crippen LogP contribution is -2.36. The predicted octanol–water partition coefficient (Wildman–Crippen LogP) is 7.21. The summed E-state index contributed by atoms with van der Waals surface area (Å²) < 4.78 is 91.2. The Morgan fingerprint density at radius 1 is 1.00 bits per heavy atom. The molecule has 3 heterocycles. The number of carbonyl (C=O) groups excluding carboxylic acids is 2. The minimum Gasteiger partial charge on any atom is -0.378 e. The van der Waals surface area contributed by atoms with Gasteiger partial charge in [-0.05, 0) is 93.7 Å². The van der Waals surface area contributed by atoms with E-state index in [1.54, 1.807) is 31.3 Å². The van der Waals surface area contributed by atoms with Gasteiger partial charge in [0.2, 0.25) is 11.8 Å². The van der Waals surface area contributed by atoms with Gasteiger partial charge in [-0.25, -0.2) is 22.5 Å². The van der Waals surface area contributed by atoms with Gasteiger partial charge in [0.25, 0.3) is 12.3 Å². The molecule has 2 fully saturated rings. The number of pyridine rings is 1. The predicted molar refractivity (Wildman–Crippen MR) is 209 cm³/mol. The van der Waals surface area contributed by atoms with Gasteiger partial charge in [-0.1, -0.05) is 23.6 Å². The van der Waals surface area contributed by atoms with Crippen LogP contribution >= 0.6 is 11.6 Å². The van der Waals surface area contributed by atoms with Gasteiger partial charge in [-0.15, -0.1) is 0 Å². The second kappa shape index (κ2) is 15.5. The Morgan fingerprint density at radius 3 is 2.37 bits per heavy atom. The van der Waals surface area contributed by atoms with Crippen LogP contribution in [0.4, 0.5) is 32.2 Å². The monoisotopic (exact) mass is 852 g/mol. The summed E-state index contributed by atoms with van der Waals surface area (Å²) in [6.45, 7) is 2.08. The summed E-state index contributed by atoms with van der Waals surface area (Å²) in [5, 5.41) is 28.1. The van der Waals surface area contributed by atoms with Crippen molar-refractivity contribution < 1.29 is 41.0 Å². The van der Waals surface area contributed by atoms with Crippen molar-refractivity contribution in [2.45, 2.75) is 88.4 Å². The topological polar surface area (TPSA) is 139 Å². The highest BCUT2D eigenvalue weighted by Crippen LogP contribution is 2.63. The second-order valence-corrected chi connectivity index (χ2v) is 16.5. The summed E-state index contributed by atoms with van der Waals surface area (Å²) in [6.07, 6.45) is -1.09. The number of nitrogens with one attached hydrogen (secondary N) is 3. The molecular formula is C42H39ClF6N8O3. The molecule has 8 rings (SSSR count). The van der Waals surface area contributed by atoms with Crippen LogP contribution in [0.2, 0.25) is 5.02 Å². The first-order valence-electron chi connectivity index (χ1n) is 19.3. The Labute approximate surface area is 344 Å². The van der Waals surface area contributed by atoms with Crippen molar-refractivity contribution in [1.29, 1.82) is 0 Å². The van der Waals surface area contributed by atoms with Gasteiger partial charge < -0.3 is 21.1 Å². The lowest BCUT2D eigenvalue weighted by molar-refractivity contribution is -0.123. The van der Waals surface area contributed by atoms with Crippen molar-refractivity contribution in [2.75, 3.05) is 11.9 Å². The number of carbonyl (C=O) groups is 2. The highest BCUT2D eigenvalue weighted by atomic mass is 35.5. The number of hydrogen-bond acceptors (Lipinski definition) is 7. The third-order valence-corrected chi connectivity index (χ3v) is 11.3. The summed E-state index contributed by atoms with van der Waals surface area (Å²) in [4.78, 5) is 31.8. The maximum absolute atomic E-state index is 15.7. The Morgan fingerprint density at radius 2 is 1.72 bits per heavy atom. The summed E-state index contributed by atoms with van der Waals surface area (Å²) in [6, 6.07) is 8.19. The lowest BCUT2D eigenvalue weighted by atomic mass is 9.73. The van der Waals surface area contributed by atoms with E-state index in [-0.39, 0.29) is 64.7 Å². The number of alkyl halides is 4. The van der Waals surface area contributed by atoms with Crippen LogP contribution in [0.1, 0.15) is 91.8 Å². The van der Waals surface area contributed by atoms with Crippen LogP contribution in [0, 0.1) is 29.4 Å². The van der Waals surface area contributed by atoms with E-state index >= 15 is 8.78 Å². The van der Waals surface area contributed by atoms with E-state index in [0.29, 0.717) is 39.2 Å². The molecule has 314 valence electrons. The first-order chi connectivity index (χ1) is 28.4. The Balaban J connectivity index is 1.24. The lowest BCUT2D eigenvalue weighted by Gasteiger charge is -2.34. The number of anilines is 1. The smallest absolute Gasteiger partial charge is 0.293 e. The van der Waals surface area contributed by atoms with E-state index in [2.05, 4.69) is 38.0 Å². The molecule has 0 radical (unpaired) electrons. The number of hydrogen-bond donors (Lipinski definition) is 4. The van der Waals surface area contributed by atoms with Gasteiger partial charge in [0.15, 0.2) is 5.82 Å². The molecule has 2 aromatic carbocycles. The average Bonchev–Trinajstić information content (AvgIpc) is 3.78. The molecule has 3 aliphatic rings. The third kappa shape index (κ3) is 8.07. The molecule has 0 saturated heterocycles. The van der Waals surface area contributed by atoms with Crippen LogP contribution in [0.25, 0.3) is 22.0 Å². The molecule has 2 amide bonds. The van der Waals surface area contributed by atoms with Crippen LogP contribution in [0.5, 0.6) is 0 Å². The molecule has 5 aromatic rings. The summed E-state index contributed by atoms with van der Waals surface area (Å²) in [5.41, 5.74) is -1.70. The molecule has 3 aromatic heterocycles. The quantitative estimate of drug-likeness (QED) is 0.0769. The first-order valence-corrected chi connectivity index (χ1v) is 19.7. The van der Waals surface area contributed by atoms with Gasteiger partial charge in [-0.3, -0.25) is 19.0 Å². The summed E-state index contributed by atoms with van der Waals surface area (Å²) >= 11 is 6.74. The number of nitrogens with zero attached hydrogens (tertiary/aromatic N) is 5. The van der Waals surface area contributed by atoms with Crippen LogP contribution in [-0.4, -0.2) is 59.7 Å². The van der Waals surface area contributed by atoms with Crippen molar-refractivity contribution in [1.82, 2.24) is 35.2 Å². The molecular weight excluding hydrogens is 814 g/mol. The number of aryl methyl sites for hydroxylation is 1. The molecule has 18 heteroatoms. The highest BCUT2D eigenvalue weighted by molar-refractivity contribution is 6.37. The van der Waals surface area contributed by atoms with Gasteiger partial charge in [0.05, 0.1) is 34.2 Å². The van der Waals surface area contributed by atoms with E-state index in [4.69, 9.17) is 16.6 Å². The third-order valence-electron chi connectivity index (χ3n) is 11.0. The fourth-order valence-electron chi connectivity index (χ4n) is 8.14. The largest absolute Gasteiger partial charge is 0.378 e. The van der Waals surface area contributed by atoms with Crippen LogP contribution in [-0.2, 0) is 35.5 Å². The molecule has 3 aliphatic carbocycles. The number of benzene rings is 2. The normalized spacial score (nSPS) is 18.4. The zero-order valence-electron chi connectivity index (χ0n) is 32.5. The Kier molecular flexibility index (Phi) is 10.7. The molecule has 0 aliphatic heterocycles. The minimum absolute atomic E-state index is 0.0485. The van der Waals surface area contributed by atoms with Crippen molar-refractivity contribution in [3.63, 3.8) is 0 Å². The average molecular weight is 853 g/mol. The van der Waals surface area contributed by atoms with Crippen molar-refractivity contribution in [2.24, 2.45) is 13.0 Å². The van der Waals surface area contributed by atoms with Crippen molar-refractivity contribution in [3.8, 4) is 23.0 Å². The number of aromatic nitrogens is 5. The zero-order chi connectivity index (χ0) is 42.8. The van der Waals surface area contributed by atoms with Gasteiger partial charge in [-0.2, -0.15) is 19.0 Å². The molecule has 2 saturated carbocycles. The Hall–Kier alpha value is -5.44. The Bertz CT molecular complexity index is 2590. The zero-order valence-corrected chi connectivity index (χ0v) is 33.3. The van der Waals surface area contributed by atoms with E-state index in [1.165, 1.54) is 18.5 Å². The maximum Gasteiger partial charge on any atom is 0.293 e. The molecule has 4 N–H and O–H groups in total. The number of halogens is 7. The summed E-state index contributed by atoms with van der Waals surface area (Å²) in [7, 11) is 1.63. The maximum atomic E-state index is 15.7. The SMILES string of the molecule is Cn1nc(NC(=O)CNC2CC2)c2c(Cl)ccc(-c3ccc(C#CC(C)(C)O)nc3[C@H](Cc3cc(F)cc(F)c3)NC(=O)Cn3nc(C(F)F)c4c3C(F)(F)[C@@H]3CC[C@H]43)c21. The van der Waals surface area contributed by atoms with Crippen molar-refractivity contribution >= 4 is 40.1 Å². The molecule has 3 atom stereocenters. The van der Waals surface area contributed by atoms with Gasteiger partial charge in [0.1, 0.15) is 40.9 Å². The number of rotatable bonds is 12. The van der Waals surface area contributed by atoms with Crippen LogP contribution in [0.3, 0.4) is 0 Å². The number of aliphatic hydroxyl groups is 1. The second-order valence-electron chi connectivity index (χ2n) is 16.1. The first kappa shape index (κ1) is 41.3. The van der Waals surface area contributed by atoms with E-state index in [0.717, 1.165) is 25.0 Å². The van der Waals surface area contributed by atoms with E-state index in [9.17, 15) is 32.3 Å². The highest BCUT2D eigenvalue weighted by Gasteiger charge is 2.62. The number of fused-ring (bicyclic) bond motifs is 4. The fourth-order valence-corrected chi connectivity index (χ4v) is 8.38. The molecule has 0 bridgehead atoms. The van der Waals surface area contributed by atoms with Gasteiger partial charge >= 0.3 is 0 Å².